The number of ether oxygens (including phenoxy) is 1. The number of carbonyl (C=O) groups is 2. The second-order valence-corrected chi connectivity index (χ2v) is 5.42. The number of esters is 1. The van der Waals surface area contributed by atoms with Crippen LogP contribution >= 0.6 is 0 Å². The highest BCUT2D eigenvalue weighted by molar-refractivity contribution is 5.83. The number of carbonyl (C=O) groups excluding carboxylic acids is 2. The van der Waals surface area contributed by atoms with Crippen molar-refractivity contribution in [1.29, 1.82) is 0 Å². The van der Waals surface area contributed by atoms with Crippen molar-refractivity contribution >= 4 is 11.8 Å². The molecule has 1 aliphatic rings. The highest BCUT2D eigenvalue weighted by Gasteiger charge is 2.34. The lowest BCUT2D eigenvalue weighted by Gasteiger charge is -2.29. The molecule has 1 fully saturated rings. The summed E-state index contributed by atoms with van der Waals surface area (Å²) in [5.41, 5.74) is 1.26. The van der Waals surface area contributed by atoms with Crippen molar-refractivity contribution in [3.05, 3.63) is 35.9 Å². The van der Waals surface area contributed by atoms with Crippen molar-refractivity contribution in [1.82, 2.24) is 0 Å². The van der Waals surface area contributed by atoms with Crippen LogP contribution in [0, 0.1) is 11.8 Å². The first-order chi connectivity index (χ1) is 9.70. The zero-order chi connectivity index (χ0) is 14.4. The Labute approximate surface area is 120 Å². The smallest absolute Gasteiger partial charge is 0.309 e. The van der Waals surface area contributed by atoms with Crippen LogP contribution in [0.25, 0.3) is 0 Å². The van der Waals surface area contributed by atoms with Crippen LogP contribution in [-0.4, -0.2) is 18.4 Å². The van der Waals surface area contributed by atoms with Crippen molar-refractivity contribution in [2.75, 3.05) is 6.61 Å². The van der Waals surface area contributed by atoms with Gasteiger partial charge in [0.15, 0.2) is 0 Å². The topological polar surface area (TPSA) is 43.4 Å². The molecule has 1 aromatic rings. The van der Waals surface area contributed by atoms with Crippen LogP contribution in [0.15, 0.2) is 30.3 Å². The van der Waals surface area contributed by atoms with Gasteiger partial charge in [0.25, 0.3) is 0 Å². The van der Waals surface area contributed by atoms with Crippen molar-refractivity contribution in [2.24, 2.45) is 11.8 Å². The monoisotopic (exact) mass is 274 g/mol. The van der Waals surface area contributed by atoms with E-state index in [4.69, 9.17) is 4.74 Å². The Balaban J connectivity index is 1.97. The van der Waals surface area contributed by atoms with Gasteiger partial charge < -0.3 is 4.74 Å². The van der Waals surface area contributed by atoms with Crippen LogP contribution in [0.4, 0.5) is 0 Å². The second-order valence-electron chi connectivity index (χ2n) is 5.42. The molecule has 0 aromatic heterocycles. The zero-order valence-corrected chi connectivity index (χ0v) is 12.0. The molecule has 3 heteroatoms. The van der Waals surface area contributed by atoms with E-state index in [0.717, 1.165) is 12.8 Å². The Morgan fingerprint density at radius 3 is 2.75 bits per heavy atom. The highest BCUT2D eigenvalue weighted by atomic mass is 16.5. The van der Waals surface area contributed by atoms with Gasteiger partial charge in [-0.1, -0.05) is 30.3 Å². The lowest BCUT2D eigenvalue weighted by Crippen LogP contribution is -2.32. The second kappa shape index (κ2) is 7.22. The van der Waals surface area contributed by atoms with E-state index in [1.54, 1.807) is 0 Å². The first-order valence-corrected chi connectivity index (χ1v) is 7.43. The molecule has 1 aliphatic carbocycles. The summed E-state index contributed by atoms with van der Waals surface area (Å²) < 4.78 is 5.15. The maximum atomic E-state index is 12.0. The molecule has 0 spiro atoms. The highest BCUT2D eigenvalue weighted by Crippen LogP contribution is 2.32. The van der Waals surface area contributed by atoms with Gasteiger partial charge in [0.1, 0.15) is 5.78 Å². The fourth-order valence-corrected chi connectivity index (χ4v) is 2.95. The predicted octanol–water partition coefficient (Wildman–Crippen LogP) is 3.17. The van der Waals surface area contributed by atoms with Gasteiger partial charge in [0.2, 0.25) is 0 Å². The number of hydrogen-bond acceptors (Lipinski definition) is 3. The van der Waals surface area contributed by atoms with E-state index < -0.39 is 0 Å². The number of Topliss-reactive ketones (excluding diaryl/α,β-unsaturated/α-hetero) is 1. The number of hydrogen-bond donors (Lipinski definition) is 0. The number of benzene rings is 1. The van der Waals surface area contributed by atoms with Crippen LogP contribution < -0.4 is 0 Å². The summed E-state index contributed by atoms with van der Waals surface area (Å²) in [7, 11) is 0. The van der Waals surface area contributed by atoms with E-state index >= 15 is 0 Å². The minimum Gasteiger partial charge on any atom is -0.466 e. The fraction of sp³-hybridized carbons (Fsp3) is 0.529. The normalized spacial score (nSPS) is 22.6. The molecule has 3 nitrogen and oxygen atoms in total. The average molecular weight is 274 g/mol. The lowest BCUT2D eigenvalue weighted by molar-refractivity contribution is -0.152. The summed E-state index contributed by atoms with van der Waals surface area (Å²) in [5, 5.41) is 0. The first kappa shape index (κ1) is 14.8. The predicted molar refractivity (Wildman–Crippen MR) is 77.2 cm³/mol. The fourth-order valence-electron chi connectivity index (χ4n) is 2.95. The van der Waals surface area contributed by atoms with Crippen molar-refractivity contribution in [2.45, 2.75) is 39.0 Å². The molecule has 20 heavy (non-hydrogen) atoms. The summed E-state index contributed by atoms with van der Waals surface area (Å²) in [5.74, 6) is 0.188. The maximum absolute atomic E-state index is 12.0. The first-order valence-electron chi connectivity index (χ1n) is 7.43. The van der Waals surface area contributed by atoms with Crippen LogP contribution in [0.3, 0.4) is 0 Å². The van der Waals surface area contributed by atoms with E-state index in [2.05, 4.69) is 12.1 Å². The van der Waals surface area contributed by atoms with Gasteiger partial charge in [-0.3, -0.25) is 9.59 Å². The molecule has 1 saturated carbocycles. The van der Waals surface area contributed by atoms with Gasteiger partial charge >= 0.3 is 5.97 Å². The minimum atomic E-state index is -0.127. The molecule has 0 bridgehead atoms. The molecular weight excluding hydrogens is 252 g/mol. The lowest BCUT2D eigenvalue weighted by atomic mass is 9.76. The number of ketones is 1. The third kappa shape index (κ3) is 3.92. The Hall–Kier alpha value is -1.64. The zero-order valence-electron chi connectivity index (χ0n) is 12.0. The van der Waals surface area contributed by atoms with Crippen molar-refractivity contribution in [3.63, 3.8) is 0 Å². The third-order valence-corrected chi connectivity index (χ3v) is 4.03. The Bertz CT molecular complexity index is 453. The van der Waals surface area contributed by atoms with E-state index in [1.165, 1.54) is 5.56 Å². The van der Waals surface area contributed by atoms with Crippen molar-refractivity contribution < 1.29 is 14.3 Å². The standard InChI is InChI=1S/C17H22O3/c1-2-20-17(19)16-11-10-15(18)12-14(16)9-8-13-6-4-3-5-7-13/h3-7,14,16H,2,8-12H2,1H3/t14-,16+/m0/s1. The summed E-state index contributed by atoms with van der Waals surface area (Å²) in [6.07, 6.45) is 3.48. The molecule has 108 valence electrons. The summed E-state index contributed by atoms with van der Waals surface area (Å²) in [6.45, 7) is 2.24. The van der Waals surface area contributed by atoms with Gasteiger partial charge in [0.05, 0.1) is 12.5 Å². The summed E-state index contributed by atoms with van der Waals surface area (Å²) >= 11 is 0. The van der Waals surface area contributed by atoms with Crippen molar-refractivity contribution in [3.8, 4) is 0 Å². The molecule has 0 N–H and O–H groups in total. The molecule has 2 atom stereocenters. The van der Waals surface area contributed by atoms with Crippen LogP contribution in [0.5, 0.6) is 0 Å². The third-order valence-electron chi connectivity index (χ3n) is 4.03. The summed E-state index contributed by atoms with van der Waals surface area (Å²) in [4.78, 5) is 23.7. The molecule has 2 rings (SSSR count). The molecule has 1 aromatic carbocycles. The number of rotatable bonds is 5. The average Bonchev–Trinajstić information content (AvgIpc) is 2.46. The van der Waals surface area contributed by atoms with E-state index in [-0.39, 0.29) is 23.6 Å². The van der Waals surface area contributed by atoms with Gasteiger partial charge in [-0.15, -0.1) is 0 Å². The molecule has 0 radical (unpaired) electrons. The Kier molecular flexibility index (Phi) is 5.33. The molecule has 0 saturated heterocycles. The minimum absolute atomic E-state index is 0.101. The Morgan fingerprint density at radius 1 is 1.30 bits per heavy atom. The molecule has 0 aliphatic heterocycles. The molecule has 0 amide bonds. The van der Waals surface area contributed by atoms with E-state index in [9.17, 15) is 9.59 Å². The van der Waals surface area contributed by atoms with Crippen LogP contribution in [-0.2, 0) is 20.7 Å². The van der Waals surface area contributed by atoms with Gasteiger partial charge in [-0.2, -0.15) is 0 Å². The van der Waals surface area contributed by atoms with Crippen LogP contribution in [0.1, 0.15) is 38.2 Å². The Morgan fingerprint density at radius 2 is 2.05 bits per heavy atom. The molecular formula is C17H22O3. The SMILES string of the molecule is CCOC(=O)[C@@H]1CCC(=O)C[C@@H]1CCc1ccccc1. The molecule has 0 heterocycles. The van der Waals surface area contributed by atoms with E-state index in [0.29, 0.717) is 25.9 Å². The quantitative estimate of drug-likeness (QED) is 0.775. The largest absolute Gasteiger partial charge is 0.466 e. The number of aryl methyl sites for hydroxylation is 1. The van der Waals surface area contributed by atoms with E-state index in [1.807, 2.05) is 25.1 Å². The van der Waals surface area contributed by atoms with Crippen LogP contribution in [0.2, 0.25) is 0 Å². The van der Waals surface area contributed by atoms with Gasteiger partial charge in [0, 0.05) is 12.8 Å². The molecule has 0 unspecified atom stereocenters. The maximum Gasteiger partial charge on any atom is 0.309 e. The van der Waals surface area contributed by atoms with Gasteiger partial charge in [-0.05, 0) is 37.7 Å². The van der Waals surface area contributed by atoms with Gasteiger partial charge in [-0.25, -0.2) is 0 Å². The summed E-state index contributed by atoms with van der Waals surface area (Å²) in [6, 6.07) is 10.2.